The van der Waals surface area contributed by atoms with Crippen molar-refractivity contribution in [2.75, 3.05) is 6.61 Å². The molecule has 10 nitrogen and oxygen atoms in total. The molecule has 0 spiro atoms. The smallest absolute Gasteiger partial charge is 0.328 e. The van der Waals surface area contributed by atoms with E-state index in [1.165, 1.54) is 0 Å². The van der Waals surface area contributed by atoms with Gasteiger partial charge in [0.2, 0.25) is 0 Å². The van der Waals surface area contributed by atoms with Gasteiger partial charge < -0.3 is 36.8 Å². The van der Waals surface area contributed by atoms with Crippen LogP contribution in [0.3, 0.4) is 0 Å². The molecule has 0 saturated heterocycles. The number of hydrogen-bond donors (Lipinski definition) is 5. The molecule has 174 valence electrons. The molecule has 0 aliphatic rings. The van der Waals surface area contributed by atoms with Crippen molar-refractivity contribution >= 4 is 28.8 Å². The largest absolute Gasteiger partial charge is 0.480 e. The zero-order valence-corrected chi connectivity index (χ0v) is 17.8. The van der Waals surface area contributed by atoms with Gasteiger partial charge in [0.05, 0.1) is 0 Å². The summed E-state index contributed by atoms with van der Waals surface area (Å²) in [5, 5.41) is 9.71. The summed E-state index contributed by atoms with van der Waals surface area (Å²) >= 11 is 0. The van der Waals surface area contributed by atoms with Crippen molar-refractivity contribution in [1.82, 2.24) is 4.98 Å². The Balaban J connectivity index is 1.50. The van der Waals surface area contributed by atoms with Crippen LogP contribution in [0.4, 0.5) is 0 Å². The fraction of sp³-hybridized carbons (Fsp3) is 0.261. The van der Waals surface area contributed by atoms with Crippen molar-refractivity contribution in [1.29, 1.82) is 0 Å². The normalized spacial score (nSPS) is 13.8. The van der Waals surface area contributed by atoms with Crippen LogP contribution in [0.25, 0.3) is 10.9 Å². The molecule has 10 heteroatoms. The highest BCUT2D eigenvalue weighted by Crippen LogP contribution is 2.20. The zero-order valence-electron chi connectivity index (χ0n) is 17.8. The topological polar surface area (TPSA) is 184 Å². The Morgan fingerprint density at radius 1 is 0.879 bits per heavy atom. The van der Waals surface area contributed by atoms with E-state index in [1.807, 2.05) is 30.5 Å². The maximum atomic E-state index is 12.4. The summed E-state index contributed by atoms with van der Waals surface area (Å²) in [5.41, 5.74) is 19.7. The number of benzene rings is 2. The molecule has 33 heavy (non-hydrogen) atoms. The first-order valence-electron chi connectivity index (χ1n) is 10.3. The second-order valence-corrected chi connectivity index (χ2v) is 7.62. The molecule has 0 fully saturated rings. The maximum Gasteiger partial charge on any atom is 0.328 e. The highest BCUT2D eigenvalue weighted by atomic mass is 16.5. The number of carboxylic acid groups (broad SMARTS) is 1. The summed E-state index contributed by atoms with van der Waals surface area (Å²) in [4.78, 5) is 38.1. The lowest BCUT2D eigenvalue weighted by Crippen LogP contribution is -2.40. The third kappa shape index (κ3) is 6.39. The molecular formula is C23H26N4O6. The molecule has 0 unspecified atom stereocenters. The predicted octanol–water partition coefficient (Wildman–Crippen LogP) is 0.468. The van der Waals surface area contributed by atoms with E-state index in [9.17, 15) is 14.4 Å². The first-order valence-corrected chi connectivity index (χ1v) is 10.3. The molecule has 3 aromatic rings. The molecule has 0 saturated carbocycles. The van der Waals surface area contributed by atoms with Crippen molar-refractivity contribution in [3.05, 3.63) is 65.9 Å². The number of rotatable bonds is 10. The Bertz CT molecular complexity index is 1130. The number of aromatic nitrogens is 1. The van der Waals surface area contributed by atoms with Crippen molar-refractivity contribution in [3.63, 3.8) is 0 Å². The van der Waals surface area contributed by atoms with Gasteiger partial charge in [0.15, 0.2) is 0 Å². The number of para-hydroxylation sites is 1. The van der Waals surface area contributed by atoms with Crippen LogP contribution in [0.1, 0.15) is 11.1 Å². The van der Waals surface area contributed by atoms with E-state index in [1.54, 1.807) is 24.3 Å². The lowest BCUT2D eigenvalue weighted by atomic mass is 10.1. The zero-order chi connectivity index (χ0) is 24.0. The van der Waals surface area contributed by atoms with E-state index in [-0.39, 0.29) is 6.42 Å². The van der Waals surface area contributed by atoms with Crippen LogP contribution in [-0.4, -0.2) is 52.7 Å². The molecule has 0 amide bonds. The van der Waals surface area contributed by atoms with Gasteiger partial charge in [-0.05, 0) is 35.7 Å². The van der Waals surface area contributed by atoms with E-state index in [0.717, 1.165) is 16.5 Å². The van der Waals surface area contributed by atoms with Crippen molar-refractivity contribution in [3.8, 4) is 5.75 Å². The molecule has 0 radical (unpaired) electrons. The number of carbonyl (C=O) groups excluding carboxylic acids is 2. The summed E-state index contributed by atoms with van der Waals surface area (Å²) in [6.07, 6.45) is 2.30. The average Bonchev–Trinajstić information content (AvgIpc) is 3.21. The van der Waals surface area contributed by atoms with Gasteiger partial charge in [-0.2, -0.15) is 0 Å². The molecule has 8 N–H and O–H groups in total. The second-order valence-electron chi connectivity index (χ2n) is 7.62. The minimum atomic E-state index is -1.31. The second kappa shape index (κ2) is 10.7. The summed E-state index contributed by atoms with van der Waals surface area (Å²) in [6, 6.07) is 11.1. The lowest BCUT2D eigenvalue weighted by Gasteiger charge is -2.14. The molecule has 1 aromatic heterocycles. The number of fused-ring (bicyclic) bond motifs is 1. The number of nitrogens with two attached hydrogens (primary N) is 3. The van der Waals surface area contributed by atoms with Crippen LogP contribution in [0.15, 0.2) is 54.7 Å². The van der Waals surface area contributed by atoms with Crippen molar-refractivity contribution in [2.24, 2.45) is 17.2 Å². The average molecular weight is 454 g/mol. The molecule has 0 bridgehead atoms. The van der Waals surface area contributed by atoms with Gasteiger partial charge in [-0.25, -0.2) is 4.79 Å². The molecule has 0 aliphatic heterocycles. The first-order chi connectivity index (χ1) is 15.7. The Morgan fingerprint density at radius 2 is 1.55 bits per heavy atom. The van der Waals surface area contributed by atoms with Crippen LogP contribution in [0, 0.1) is 0 Å². The number of carbonyl (C=O) groups is 3. The first kappa shape index (κ1) is 23.9. The molecule has 1 heterocycles. The Kier molecular flexibility index (Phi) is 7.78. The number of aliphatic carboxylic acids is 1. The number of esters is 2. The van der Waals surface area contributed by atoms with Gasteiger partial charge in [0, 0.05) is 23.5 Å². The van der Waals surface area contributed by atoms with Crippen LogP contribution in [-0.2, 0) is 32.0 Å². The van der Waals surface area contributed by atoms with Crippen LogP contribution >= 0.6 is 0 Å². The van der Waals surface area contributed by atoms with Crippen molar-refractivity contribution in [2.45, 2.75) is 31.0 Å². The summed E-state index contributed by atoms with van der Waals surface area (Å²) < 4.78 is 10.2. The lowest BCUT2D eigenvalue weighted by molar-refractivity contribution is -0.149. The number of H-pyrrole nitrogens is 1. The Hall–Kier alpha value is -3.73. The fourth-order valence-electron chi connectivity index (χ4n) is 3.19. The van der Waals surface area contributed by atoms with Gasteiger partial charge >= 0.3 is 17.9 Å². The standard InChI is InChI=1S/C23H26N4O6/c24-17(22(30)32-12-19(26)21(28)29)9-13-5-7-15(8-6-13)33-23(31)18(25)10-14-11-27-20-4-2-1-3-16(14)20/h1-8,11,17-19,27H,9-10,12,24-26H2,(H,28,29)/t17-,18-,19+/m0/s1. The van der Waals surface area contributed by atoms with E-state index in [0.29, 0.717) is 17.7 Å². The minimum absolute atomic E-state index is 0.148. The highest BCUT2D eigenvalue weighted by Gasteiger charge is 2.21. The molecule has 3 atom stereocenters. The number of nitrogens with one attached hydrogen (secondary N) is 1. The SMILES string of the molecule is N[C@H](COC(=O)[C@@H](N)Cc1ccc(OC(=O)[C@@H](N)Cc2c[nH]c3ccccc23)cc1)C(=O)O. The number of carboxylic acids is 1. The molecular weight excluding hydrogens is 428 g/mol. The van der Waals surface area contributed by atoms with Crippen LogP contribution in [0.5, 0.6) is 5.75 Å². The fourth-order valence-corrected chi connectivity index (χ4v) is 3.19. The molecule has 0 aliphatic carbocycles. The third-order valence-corrected chi connectivity index (χ3v) is 5.04. The van der Waals surface area contributed by atoms with E-state index in [4.69, 9.17) is 31.8 Å². The van der Waals surface area contributed by atoms with Crippen LogP contribution < -0.4 is 21.9 Å². The van der Waals surface area contributed by atoms with E-state index < -0.39 is 42.6 Å². The van der Waals surface area contributed by atoms with E-state index >= 15 is 0 Å². The number of hydrogen-bond acceptors (Lipinski definition) is 8. The minimum Gasteiger partial charge on any atom is -0.480 e. The van der Waals surface area contributed by atoms with Crippen LogP contribution in [0.2, 0.25) is 0 Å². The quantitative estimate of drug-likeness (QED) is 0.214. The van der Waals surface area contributed by atoms with Gasteiger partial charge in [-0.15, -0.1) is 0 Å². The molecule has 3 rings (SSSR count). The highest BCUT2D eigenvalue weighted by molar-refractivity contribution is 5.85. The van der Waals surface area contributed by atoms with Gasteiger partial charge in [0.1, 0.15) is 30.5 Å². The number of aromatic amines is 1. The third-order valence-electron chi connectivity index (χ3n) is 5.04. The monoisotopic (exact) mass is 454 g/mol. The van der Waals surface area contributed by atoms with E-state index in [2.05, 4.69) is 4.98 Å². The van der Waals surface area contributed by atoms with Gasteiger partial charge in [-0.3, -0.25) is 9.59 Å². The number of ether oxygens (including phenoxy) is 2. The van der Waals surface area contributed by atoms with Gasteiger partial charge in [-0.1, -0.05) is 30.3 Å². The Morgan fingerprint density at radius 3 is 2.24 bits per heavy atom. The summed E-state index contributed by atoms with van der Waals surface area (Å²) in [7, 11) is 0. The summed E-state index contributed by atoms with van der Waals surface area (Å²) in [6.45, 7) is -0.463. The summed E-state index contributed by atoms with van der Waals surface area (Å²) in [5.74, 6) is -2.29. The predicted molar refractivity (Wildman–Crippen MR) is 120 cm³/mol. The van der Waals surface area contributed by atoms with Gasteiger partial charge in [0.25, 0.3) is 0 Å². The van der Waals surface area contributed by atoms with Crippen molar-refractivity contribution < 1.29 is 29.0 Å². The maximum absolute atomic E-state index is 12.4. The molecule has 2 aromatic carbocycles. The Labute approximate surface area is 189 Å².